The Morgan fingerprint density at radius 2 is 1.86 bits per heavy atom. The number of benzene rings is 2. The highest BCUT2D eigenvalue weighted by Gasteiger charge is 2.35. The second-order valence-corrected chi connectivity index (χ2v) is 8.04. The molecule has 0 atom stereocenters. The molecule has 1 amide bonds. The third kappa shape index (κ3) is 4.18. The van der Waals surface area contributed by atoms with E-state index in [1.807, 2.05) is 42.5 Å². The summed E-state index contributed by atoms with van der Waals surface area (Å²) < 4.78 is 11.0. The lowest BCUT2D eigenvalue weighted by Crippen LogP contribution is -2.44. The first kappa shape index (κ1) is 19.6. The van der Waals surface area contributed by atoms with Crippen LogP contribution in [0.4, 0.5) is 0 Å². The highest BCUT2D eigenvalue weighted by atomic mass is 32.1. The predicted octanol–water partition coefficient (Wildman–Crippen LogP) is 4.30. The first-order valence-corrected chi connectivity index (χ1v) is 10.6. The van der Waals surface area contributed by atoms with Crippen molar-refractivity contribution in [3.05, 3.63) is 71.2 Å². The predicted molar refractivity (Wildman–Crippen MR) is 115 cm³/mol. The van der Waals surface area contributed by atoms with E-state index in [2.05, 4.69) is 22.4 Å². The van der Waals surface area contributed by atoms with Gasteiger partial charge in [-0.3, -0.25) is 4.79 Å². The van der Waals surface area contributed by atoms with Crippen molar-refractivity contribution in [1.29, 1.82) is 0 Å². The zero-order valence-corrected chi connectivity index (χ0v) is 17.2. The molecule has 0 spiro atoms. The highest BCUT2D eigenvalue weighted by molar-refractivity contribution is 7.13. The molecule has 6 heteroatoms. The third-order valence-electron chi connectivity index (χ3n) is 5.50. The van der Waals surface area contributed by atoms with Gasteiger partial charge >= 0.3 is 0 Å². The average Bonchev–Trinajstić information content (AvgIpc) is 3.29. The molecule has 1 saturated heterocycles. The molecule has 0 saturated carbocycles. The van der Waals surface area contributed by atoms with E-state index in [-0.39, 0.29) is 11.3 Å². The van der Waals surface area contributed by atoms with Gasteiger partial charge < -0.3 is 14.8 Å². The lowest BCUT2D eigenvalue weighted by Gasteiger charge is -2.37. The fourth-order valence-corrected chi connectivity index (χ4v) is 4.61. The Morgan fingerprint density at radius 3 is 2.62 bits per heavy atom. The van der Waals surface area contributed by atoms with Crippen molar-refractivity contribution >= 4 is 17.2 Å². The van der Waals surface area contributed by atoms with Gasteiger partial charge in [0, 0.05) is 30.6 Å². The van der Waals surface area contributed by atoms with Crippen LogP contribution in [0.2, 0.25) is 0 Å². The summed E-state index contributed by atoms with van der Waals surface area (Å²) >= 11 is 1.45. The summed E-state index contributed by atoms with van der Waals surface area (Å²) in [6.07, 6.45) is 1.78. The Labute approximate surface area is 174 Å². The van der Waals surface area contributed by atoms with Gasteiger partial charge in [-0.15, -0.1) is 11.3 Å². The molecule has 2 heterocycles. The van der Waals surface area contributed by atoms with Crippen molar-refractivity contribution in [2.75, 3.05) is 26.9 Å². The summed E-state index contributed by atoms with van der Waals surface area (Å²) in [5.41, 5.74) is 2.48. The number of carbonyl (C=O) groups excluding carboxylic acids is 1. The molecule has 0 bridgehead atoms. The zero-order chi connectivity index (χ0) is 20.1. The molecule has 3 aromatic rings. The van der Waals surface area contributed by atoms with Gasteiger partial charge in [0.2, 0.25) is 0 Å². The molecular formula is C23H24N2O3S. The van der Waals surface area contributed by atoms with E-state index in [1.165, 1.54) is 16.9 Å². The number of thiazole rings is 1. The number of ether oxygens (including phenoxy) is 2. The maximum atomic E-state index is 12.8. The lowest BCUT2D eigenvalue weighted by atomic mass is 9.74. The summed E-state index contributed by atoms with van der Waals surface area (Å²) in [4.78, 5) is 17.4. The fourth-order valence-electron chi connectivity index (χ4n) is 3.78. The SMILES string of the molecule is COc1ccccc1-c1nc(C(=O)NCC2(c3ccccc3)CCOCC2)cs1. The number of nitrogens with one attached hydrogen (secondary N) is 1. The van der Waals surface area contributed by atoms with Gasteiger partial charge in [0.15, 0.2) is 0 Å². The molecule has 1 N–H and O–H groups in total. The Hall–Kier alpha value is -2.70. The molecule has 1 aliphatic rings. The number of amides is 1. The van der Waals surface area contributed by atoms with E-state index >= 15 is 0 Å². The minimum absolute atomic E-state index is 0.101. The van der Waals surface area contributed by atoms with Crippen LogP contribution >= 0.6 is 11.3 Å². The van der Waals surface area contributed by atoms with Crippen molar-refractivity contribution in [3.63, 3.8) is 0 Å². The van der Waals surface area contributed by atoms with E-state index < -0.39 is 0 Å². The molecule has 0 unspecified atom stereocenters. The van der Waals surface area contributed by atoms with Crippen LogP contribution in [-0.2, 0) is 10.2 Å². The van der Waals surface area contributed by atoms with Crippen LogP contribution in [-0.4, -0.2) is 37.8 Å². The smallest absolute Gasteiger partial charge is 0.270 e. The van der Waals surface area contributed by atoms with E-state index in [9.17, 15) is 4.79 Å². The molecule has 4 rings (SSSR count). The molecule has 5 nitrogen and oxygen atoms in total. The standard InChI is InChI=1S/C23H24N2O3S/c1-27-20-10-6-5-9-18(20)22-25-19(15-29-22)21(26)24-16-23(11-13-28-14-12-23)17-7-3-2-4-8-17/h2-10,15H,11-14,16H2,1H3,(H,24,26). The molecule has 29 heavy (non-hydrogen) atoms. The molecule has 1 aromatic heterocycles. The number of aromatic nitrogens is 1. The van der Waals surface area contributed by atoms with Crippen LogP contribution in [0.25, 0.3) is 10.6 Å². The monoisotopic (exact) mass is 408 g/mol. The largest absolute Gasteiger partial charge is 0.496 e. The van der Waals surface area contributed by atoms with Crippen LogP contribution in [0.5, 0.6) is 5.75 Å². The summed E-state index contributed by atoms with van der Waals surface area (Å²) in [5.74, 6) is 0.600. The Kier molecular flexibility index (Phi) is 5.92. The summed E-state index contributed by atoms with van der Waals surface area (Å²) in [5, 5.41) is 5.70. The molecule has 150 valence electrons. The summed E-state index contributed by atoms with van der Waals surface area (Å²) in [6.45, 7) is 1.99. The van der Waals surface area contributed by atoms with Crippen molar-refractivity contribution in [3.8, 4) is 16.3 Å². The van der Waals surface area contributed by atoms with Gasteiger partial charge in [-0.2, -0.15) is 0 Å². The maximum absolute atomic E-state index is 12.8. The second-order valence-electron chi connectivity index (χ2n) is 7.18. The van der Waals surface area contributed by atoms with Gasteiger partial charge in [-0.25, -0.2) is 4.98 Å². The number of hydrogen-bond donors (Lipinski definition) is 1. The molecule has 0 aliphatic carbocycles. The molecule has 1 aliphatic heterocycles. The Balaban J connectivity index is 1.50. The summed E-state index contributed by atoms with van der Waals surface area (Å²) in [6, 6.07) is 18.1. The van der Waals surface area contributed by atoms with Gasteiger partial charge in [-0.05, 0) is 30.5 Å². The molecular weight excluding hydrogens is 384 g/mol. The van der Waals surface area contributed by atoms with Crippen LogP contribution in [0.3, 0.4) is 0 Å². The first-order valence-electron chi connectivity index (χ1n) is 9.72. The van der Waals surface area contributed by atoms with E-state index in [4.69, 9.17) is 9.47 Å². The van der Waals surface area contributed by atoms with Gasteiger partial charge in [-0.1, -0.05) is 42.5 Å². The number of methoxy groups -OCH3 is 1. The Bertz CT molecular complexity index is 965. The third-order valence-corrected chi connectivity index (χ3v) is 6.37. The fraction of sp³-hybridized carbons (Fsp3) is 0.304. The van der Waals surface area contributed by atoms with Crippen molar-refractivity contribution in [2.24, 2.45) is 0 Å². The number of para-hydroxylation sites is 1. The van der Waals surface area contributed by atoms with Crippen LogP contribution in [0, 0.1) is 0 Å². The van der Waals surface area contributed by atoms with Gasteiger partial charge in [0.1, 0.15) is 16.5 Å². The van der Waals surface area contributed by atoms with E-state index in [0.29, 0.717) is 25.5 Å². The highest BCUT2D eigenvalue weighted by Crippen LogP contribution is 2.35. The number of rotatable bonds is 6. The van der Waals surface area contributed by atoms with E-state index in [1.54, 1.807) is 12.5 Å². The van der Waals surface area contributed by atoms with Crippen molar-refractivity contribution in [1.82, 2.24) is 10.3 Å². The summed E-state index contributed by atoms with van der Waals surface area (Å²) in [7, 11) is 1.64. The second kappa shape index (κ2) is 8.76. The van der Waals surface area contributed by atoms with Crippen LogP contribution in [0.15, 0.2) is 60.0 Å². The Morgan fingerprint density at radius 1 is 1.14 bits per heavy atom. The molecule has 1 fully saturated rings. The van der Waals surface area contributed by atoms with Crippen molar-refractivity contribution in [2.45, 2.75) is 18.3 Å². The topological polar surface area (TPSA) is 60.5 Å². The first-order chi connectivity index (χ1) is 14.2. The number of carbonyl (C=O) groups is 1. The molecule has 0 radical (unpaired) electrons. The minimum Gasteiger partial charge on any atom is -0.496 e. The minimum atomic E-state index is -0.149. The number of nitrogens with zero attached hydrogens (tertiary/aromatic N) is 1. The van der Waals surface area contributed by atoms with E-state index in [0.717, 1.165) is 29.2 Å². The lowest BCUT2D eigenvalue weighted by molar-refractivity contribution is 0.0487. The average molecular weight is 409 g/mol. The van der Waals surface area contributed by atoms with Gasteiger partial charge in [0.25, 0.3) is 5.91 Å². The normalized spacial score (nSPS) is 15.6. The number of hydrogen-bond acceptors (Lipinski definition) is 5. The zero-order valence-electron chi connectivity index (χ0n) is 16.4. The maximum Gasteiger partial charge on any atom is 0.270 e. The van der Waals surface area contributed by atoms with Gasteiger partial charge in [0.05, 0.1) is 12.7 Å². The van der Waals surface area contributed by atoms with Crippen molar-refractivity contribution < 1.29 is 14.3 Å². The molecule has 2 aromatic carbocycles. The van der Waals surface area contributed by atoms with Crippen LogP contribution < -0.4 is 10.1 Å². The quantitative estimate of drug-likeness (QED) is 0.661. The van der Waals surface area contributed by atoms with Crippen LogP contribution in [0.1, 0.15) is 28.9 Å².